The lowest BCUT2D eigenvalue weighted by Crippen LogP contribution is -2.40. The highest BCUT2D eigenvalue weighted by Gasteiger charge is 2.32. The van der Waals surface area contributed by atoms with Crippen LogP contribution in [0.5, 0.6) is 11.5 Å². The molecule has 0 saturated heterocycles. The normalized spacial score (nSPS) is 12.2. The van der Waals surface area contributed by atoms with Crippen LogP contribution in [0.1, 0.15) is 26.3 Å². The van der Waals surface area contributed by atoms with E-state index >= 15 is 0 Å². The summed E-state index contributed by atoms with van der Waals surface area (Å²) in [6, 6.07) is 11.6. The van der Waals surface area contributed by atoms with E-state index in [2.05, 4.69) is 10.1 Å². The van der Waals surface area contributed by atoms with Gasteiger partial charge >= 0.3 is 18.4 Å². The third kappa shape index (κ3) is 10.0. The van der Waals surface area contributed by atoms with Crippen molar-refractivity contribution in [3.8, 4) is 11.5 Å². The molecule has 0 fully saturated rings. The lowest BCUT2D eigenvalue weighted by molar-refractivity contribution is -0.274. The van der Waals surface area contributed by atoms with Gasteiger partial charge in [-0.2, -0.15) is 0 Å². The minimum Gasteiger partial charge on any atom is -0.492 e. The molecule has 0 aliphatic rings. The number of hydrogen-bond donors (Lipinski definition) is 2. The van der Waals surface area contributed by atoms with Crippen LogP contribution in [0.25, 0.3) is 0 Å². The zero-order chi connectivity index (χ0) is 26.7. The van der Waals surface area contributed by atoms with Crippen molar-refractivity contribution in [3.05, 3.63) is 54.1 Å². The first-order chi connectivity index (χ1) is 17.0. The van der Waals surface area contributed by atoms with Crippen LogP contribution < -0.4 is 14.8 Å². The summed E-state index contributed by atoms with van der Waals surface area (Å²) in [5, 5.41) is 11.7. The van der Waals surface area contributed by atoms with E-state index in [0.29, 0.717) is 18.9 Å². The largest absolute Gasteiger partial charge is 0.573 e. The number of carbonyl (C=O) groups is 2. The molecule has 0 aromatic heterocycles. The predicted molar refractivity (Wildman–Crippen MR) is 127 cm³/mol. The number of amides is 2. The number of alkyl halides is 3. The van der Waals surface area contributed by atoms with Crippen LogP contribution >= 0.6 is 0 Å². The Kier molecular flexibility index (Phi) is 10.8. The quantitative estimate of drug-likeness (QED) is 0.384. The molecule has 0 aliphatic carbocycles. The van der Waals surface area contributed by atoms with Crippen molar-refractivity contribution in [1.29, 1.82) is 0 Å². The van der Waals surface area contributed by atoms with Gasteiger partial charge in [0, 0.05) is 19.6 Å². The summed E-state index contributed by atoms with van der Waals surface area (Å²) < 4.78 is 53.0. The third-order valence-corrected chi connectivity index (χ3v) is 4.84. The number of nitrogens with one attached hydrogen (secondary N) is 1. The molecule has 0 aliphatic heterocycles. The fourth-order valence-electron chi connectivity index (χ4n) is 3.32. The second kappa shape index (κ2) is 13.6. The number of benzene rings is 2. The van der Waals surface area contributed by atoms with Crippen LogP contribution in [0.4, 0.5) is 23.7 Å². The number of urea groups is 1. The van der Waals surface area contributed by atoms with Crippen LogP contribution in [0.15, 0.2) is 48.5 Å². The highest BCUT2D eigenvalue weighted by molar-refractivity contribution is 5.91. The molecule has 2 rings (SSSR count). The SMILES string of the molecule is CCOC(Cc1ccc(OCCN(CC(C)C)C(=O)Nc2ccccc2OC(F)(F)F)cc1)C(=O)O. The molecule has 2 aromatic carbocycles. The second-order valence-corrected chi connectivity index (χ2v) is 8.29. The molecular formula is C25H31F3N2O6. The number of hydrogen-bond acceptors (Lipinski definition) is 5. The van der Waals surface area contributed by atoms with E-state index < -0.39 is 30.2 Å². The molecule has 8 nitrogen and oxygen atoms in total. The van der Waals surface area contributed by atoms with E-state index in [4.69, 9.17) is 9.47 Å². The van der Waals surface area contributed by atoms with E-state index in [0.717, 1.165) is 11.6 Å². The number of para-hydroxylation sites is 2. The van der Waals surface area contributed by atoms with Crippen LogP contribution in [0.3, 0.4) is 0 Å². The Labute approximate surface area is 207 Å². The zero-order valence-corrected chi connectivity index (χ0v) is 20.4. The van der Waals surface area contributed by atoms with Crippen molar-refractivity contribution in [2.24, 2.45) is 5.92 Å². The molecule has 2 amide bonds. The molecule has 0 heterocycles. The first-order valence-corrected chi connectivity index (χ1v) is 11.4. The highest BCUT2D eigenvalue weighted by atomic mass is 19.4. The van der Waals surface area contributed by atoms with E-state index in [9.17, 15) is 27.9 Å². The van der Waals surface area contributed by atoms with Gasteiger partial charge in [-0.3, -0.25) is 0 Å². The molecule has 2 aromatic rings. The topological polar surface area (TPSA) is 97.3 Å². The molecule has 36 heavy (non-hydrogen) atoms. The zero-order valence-electron chi connectivity index (χ0n) is 20.4. The number of anilines is 1. The van der Waals surface area contributed by atoms with Crippen molar-refractivity contribution in [1.82, 2.24) is 4.90 Å². The van der Waals surface area contributed by atoms with Crippen LogP contribution in [0, 0.1) is 5.92 Å². The summed E-state index contributed by atoms with van der Waals surface area (Å²) in [6.45, 7) is 6.51. The Balaban J connectivity index is 1.97. The van der Waals surface area contributed by atoms with Gasteiger partial charge in [-0.1, -0.05) is 38.1 Å². The molecule has 198 valence electrons. The third-order valence-electron chi connectivity index (χ3n) is 4.84. The van der Waals surface area contributed by atoms with Gasteiger partial charge in [0.25, 0.3) is 0 Å². The Bertz CT molecular complexity index is 983. The fraction of sp³-hybridized carbons (Fsp3) is 0.440. The van der Waals surface area contributed by atoms with E-state index in [1.54, 1.807) is 31.2 Å². The van der Waals surface area contributed by atoms with Crippen molar-refractivity contribution < 1.29 is 42.1 Å². The number of carbonyl (C=O) groups excluding carboxylic acids is 1. The summed E-state index contributed by atoms with van der Waals surface area (Å²) in [4.78, 5) is 25.5. The van der Waals surface area contributed by atoms with Gasteiger partial charge in [0.05, 0.1) is 12.2 Å². The Morgan fingerprint density at radius 3 is 2.33 bits per heavy atom. The fourth-order valence-corrected chi connectivity index (χ4v) is 3.32. The Morgan fingerprint density at radius 2 is 1.75 bits per heavy atom. The molecule has 2 N–H and O–H groups in total. The smallest absolute Gasteiger partial charge is 0.492 e. The number of nitrogens with zero attached hydrogens (tertiary/aromatic N) is 1. The van der Waals surface area contributed by atoms with Crippen molar-refractivity contribution >= 4 is 17.7 Å². The van der Waals surface area contributed by atoms with Crippen LogP contribution in [-0.4, -0.2) is 60.8 Å². The summed E-state index contributed by atoms with van der Waals surface area (Å²) in [5.74, 6) is -0.915. The average molecular weight is 513 g/mol. The number of carboxylic acid groups (broad SMARTS) is 1. The number of rotatable bonds is 13. The lowest BCUT2D eigenvalue weighted by Gasteiger charge is -2.25. The first kappa shape index (κ1) is 28.8. The summed E-state index contributed by atoms with van der Waals surface area (Å²) >= 11 is 0. The molecule has 1 unspecified atom stereocenters. The van der Waals surface area contributed by atoms with E-state index in [-0.39, 0.29) is 31.2 Å². The minimum absolute atomic E-state index is 0.100. The Hall–Kier alpha value is -3.47. The molecule has 0 saturated carbocycles. The van der Waals surface area contributed by atoms with Gasteiger partial charge in [-0.15, -0.1) is 13.2 Å². The van der Waals surface area contributed by atoms with E-state index in [1.165, 1.54) is 23.1 Å². The summed E-state index contributed by atoms with van der Waals surface area (Å²) in [6.07, 6.45) is -5.61. The van der Waals surface area contributed by atoms with Crippen LogP contribution in [-0.2, 0) is 16.0 Å². The molecule has 11 heteroatoms. The van der Waals surface area contributed by atoms with Gasteiger partial charge in [0.1, 0.15) is 12.4 Å². The predicted octanol–water partition coefficient (Wildman–Crippen LogP) is 5.19. The van der Waals surface area contributed by atoms with Gasteiger partial charge in [-0.05, 0) is 42.7 Å². The van der Waals surface area contributed by atoms with Gasteiger partial charge in [-0.25, -0.2) is 9.59 Å². The average Bonchev–Trinajstić information content (AvgIpc) is 2.79. The van der Waals surface area contributed by atoms with Gasteiger partial charge in [0.15, 0.2) is 11.9 Å². The maximum Gasteiger partial charge on any atom is 0.573 e. The minimum atomic E-state index is -4.89. The summed E-state index contributed by atoms with van der Waals surface area (Å²) in [7, 11) is 0. The van der Waals surface area contributed by atoms with Gasteiger partial charge < -0.3 is 29.5 Å². The second-order valence-electron chi connectivity index (χ2n) is 8.29. The van der Waals surface area contributed by atoms with Crippen molar-refractivity contribution in [2.75, 3.05) is 31.6 Å². The molecule has 0 spiro atoms. The number of halogens is 3. The Morgan fingerprint density at radius 1 is 1.08 bits per heavy atom. The first-order valence-electron chi connectivity index (χ1n) is 11.4. The van der Waals surface area contributed by atoms with Crippen molar-refractivity contribution in [2.45, 2.75) is 39.7 Å². The standard InChI is InChI=1S/C25H31F3N2O6/c1-4-34-22(23(31)32)15-18-9-11-19(12-10-18)35-14-13-30(16-17(2)3)24(33)29-20-7-5-6-8-21(20)36-25(26,27)28/h5-12,17,22H,4,13-16H2,1-3H3,(H,29,33)(H,31,32). The maximum atomic E-state index is 12.8. The summed E-state index contributed by atoms with van der Waals surface area (Å²) in [5.41, 5.74) is 0.667. The molecule has 0 radical (unpaired) electrons. The number of aliphatic carboxylic acids is 1. The maximum absolute atomic E-state index is 12.8. The molecule has 0 bridgehead atoms. The lowest BCUT2D eigenvalue weighted by atomic mass is 10.1. The monoisotopic (exact) mass is 512 g/mol. The van der Waals surface area contributed by atoms with Crippen LogP contribution in [0.2, 0.25) is 0 Å². The van der Waals surface area contributed by atoms with Gasteiger partial charge in [0.2, 0.25) is 0 Å². The molecule has 1 atom stereocenters. The number of carboxylic acids is 1. The number of ether oxygens (including phenoxy) is 3. The highest BCUT2D eigenvalue weighted by Crippen LogP contribution is 2.30. The van der Waals surface area contributed by atoms with E-state index in [1.807, 2.05) is 13.8 Å². The molecular weight excluding hydrogens is 481 g/mol. The van der Waals surface area contributed by atoms with Crippen molar-refractivity contribution in [3.63, 3.8) is 0 Å².